The Morgan fingerprint density at radius 3 is 2.86 bits per heavy atom. The van der Waals surface area contributed by atoms with Crippen LogP contribution in [0.2, 0.25) is 11.6 Å². The topological polar surface area (TPSA) is 33.0 Å². The first kappa shape index (κ1) is 11.7. The Morgan fingerprint density at radius 2 is 2.36 bits per heavy atom. The number of rotatable bonds is 3. The average molecular weight is 291 g/mol. The predicted octanol–water partition coefficient (Wildman–Crippen LogP) is 2.82. The molecule has 1 rings (SSSR count). The van der Waals surface area contributed by atoms with Gasteiger partial charge in [0.25, 0.3) is 0 Å². The van der Waals surface area contributed by atoms with E-state index < -0.39 is 15.9 Å². The van der Waals surface area contributed by atoms with E-state index in [0.717, 1.165) is 10.0 Å². The molecule has 1 aromatic rings. The maximum Gasteiger partial charge on any atom is 0.160 e. The van der Waals surface area contributed by atoms with Crippen LogP contribution < -0.4 is 0 Å². The first-order chi connectivity index (χ1) is 6.69. The van der Waals surface area contributed by atoms with Crippen LogP contribution in [0.25, 0.3) is 0 Å². The van der Waals surface area contributed by atoms with Crippen LogP contribution in [0.1, 0.15) is 11.7 Å². The fourth-order valence-corrected chi connectivity index (χ4v) is 2.44. The Balaban J connectivity index is 3.00. The summed E-state index contributed by atoms with van der Waals surface area (Å²) in [5.74, 6) is 0. The van der Waals surface area contributed by atoms with Crippen molar-refractivity contribution in [2.45, 2.75) is 12.7 Å². The van der Waals surface area contributed by atoms with E-state index in [2.05, 4.69) is 22.0 Å². The largest absolute Gasteiger partial charge is 0.406 e. The third kappa shape index (κ3) is 2.82. The summed E-state index contributed by atoms with van der Waals surface area (Å²) in [5.41, 5.74) is 0.742. The molecular formula is C9H9BrClNOSi. The van der Waals surface area contributed by atoms with E-state index in [0.29, 0.717) is 5.02 Å². The summed E-state index contributed by atoms with van der Waals surface area (Å²) in [7, 11) is -0.607. The summed E-state index contributed by atoms with van der Waals surface area (Å²) in [6.45, 7) is 1.98. The molecule has 2 nitrogen and oxygen atoms in total. The molecule has 0 spiro atoms. The molecule has 0 aliphatic heterocycles. The van der Waals surface area contributed by atoms with Crippen LogP contribution in [0.3, 0.4) is 0 Å². The predicted molar refractivity (Wildman–Crippen MR) is 63.0 cm³/mol. The fourth-order valence-electron chi connectivity index (χ4n) is 1.08. The van der Waals surface area contributed by atoms with Crippen LogP contribution in [-0.2, 0) is 4.43 Å². The number of benzene rings is 1. The minimum absolute atomic E-state index is 0.521. The molecule has 0 aliphatic rings. The second-order valence-corrected chi connectivity index (χ2v) is 4.86. The molecule has 1 atom stereocenters. The van der Waals surface area contributed by atoms with Crippen molar-refractivity contribution in [3.8, 4) is 6.07 Å². The van der Waals surface area contributed by atoms with Gasteiger partial charge in [-0.15, -0.1) is 0 Å². The van der Waals surface area contributed by atoms with Crippen molar-refractivity contribution in [2.24, 2.45) is 0 Å². The van der Waals surface area contributed by atoms with E-state index in [-0.39, 0.29) is 0 Å². The summed E-state index contributed by atoms with van der Waals surface area (Å²) >= 11 is 9.30. The van der Waals surface area contributed by atoms with Crippen LogP contribution in [-0.4, -0.2) is 9.76 Å². The van der Waals surface area contributed by atoms with Crippen molar-refractivity contribution in [3.05, 3.63) is 33.3 Å². The van der Waals surface area contributed by atoms with E-state index >= 15 is 0 Å². The molecule has 74 valence electrons. The van der Waals surface area contributed by atoms with E-state index in [9.17, 15) is 0 Å². The van der Waals surface area contributed by atoms with E-state index in [4.69, 9.17) is 21.3 Å². The highest BCUT2D eigenvalue weighted by molar-refractivity contribution is 9.10. The van der Waals surface area contributed by atoms with Gasteiger partial charge in [-0.05, 0) is 12.1 Å². The zero-order valence-electron chi connectivity index (χ0n) is 7.63. The van der Waals surface area contributed by atoms with Gasteiger partial charge in [0.1, 0.15) is 0 Å². The lowest BCUT2D eigenvalue weighted by molar-refractivity contribution is 0.280. The van der Waals surface area contributed by atoms with Crippen molar-refractivity contribution < 1.29 is 4.43 Å². The molecular weight excluding hydrogens is 282 g/mol. The van der Waals surface area contributed by atoms with Gasteiger partial charge in [-0.3, -0.25) is 0 Å². The van der Waals surface area contributed by atoms with Crippen LogP contribution in [0, 0.1) is 11.3 Å². The standard InChI is InChI=1S/C9H9BrClNOSi/c1-14-13-9(5-12)7-3-2-6(10)4-8(7)11/h2-4,9H,14H2,1H3. The van der Waals surface area contributed by atoms with Gasteiger partial charge in [-0.2, -0.15) is 5.26 Å². The molecule has 14 heavy (non-hydrogen) atoms. The summed E-state index contributed by atoms with van der Waals surface area (Å²) < 4.78 is 6.28. The van der Waals surface area contributed by atoms with Gasteiger partial charge in [-0.25, -0.2) is 0 Å². The Bertz CT molecular complexity index is 366. The van der Waals surface area contributed by atoms with Gasteiger partial charge in [0.2, 0.25) is 0 Å². The number of hydrogen-bond acceptors (Lipinski definition) is 2. The SMILES string of the molecule is C[SiH2]OC(C#N)c1ccc(Br)cc1Cl. The molecule has 0 heterocycles. The molecule has 0 radical (unpaired) electrons. The number of halogens is 2. The van der Waals surface area contributed by atoms with Crippen molar-refractivity contribution in [2.75, 3.05) is 0 Å². The smallest absolute Gasteiger partial charge is 0.160 e. The minimum atomic E-state index is -0.607. The normalized spacial score (nSPS) is 13.0. The van der Waals surface area contributed by atoms with Gasteiger partial charge in [-0.1, -0.05) is 40.1 Å². The van der Waals surface area contributed by atoms with Crippen LogP contribution in [0.5, 0.6) is 0 Å². The first-order valence-electron chi connectivity index (χ1n) is 4.15. The van der Waals surface area contributed by atoms with Gasteiger partial charge in [0.15, 0.2) is 15.9 Å². The van der Waals surface area contributed by atoms with E-state index in [1.807, 2.05) is 18.7 Å². The average Bonchev–Trinajstić information content (AvgIpc) is 2.15. The maximum absolute atomic E-state index is 8.88. The summed E-state index contributed by atoms with van der Waals surface area (Å²) in [6, 6.07) is 7.52. The third-order valence-electron chi connectivity index (χ3n) is 1.70. The Hall–Kier alpha value is -0.343. The summed E-state index contributed by atoms with van der Waals surface area (Å²) in [4.78, 5) is 0. The first-order valence-corrected chi connectivity index (χ1v) is 7.31. The second kappa shape index (κ2) is 5.52. The number of nitrogens with zero attached hydrogens (tertiary/aromatic N) is 1. The van der Waals surface area contributed by atoms with Gasteiger partial charge in [0, 0.05) is 15.1 Å². The Labute approximate surface area is 98.9 Å². The molecule has 0 amide bonds. The zero-order chi connectivity index (χ0) is 10.6. The Morgan fingerprint density at radius 1 is 1.64 bits per heavy atom. The van der Waals surface area contributed by atoms with Crippen molar-refractivity contribution in [3.63, 3.8) is 0 Å². The van der Waals surface area contributed by atoms with Gasteiger partial charge < -0.3 is 4.43 Å². The van der Waals surface area contributed by atoms with Crippen molar-refractivity contribution >= 4 is 37.3 Å². The van der Waals surface area contributed by atoms with Crippen molar-refractivity contribution in [1.29, 1.82) is 5.26 Å². The van der Waals surface area contributed by atoms with Crippen molar-refractivity contribution in [1.82, 2.24) is 0 Å². The molecule has 1 unspecified atom stereocenters. The highest BCUT2D eigenvalue weighted by atomic mass is 79.9. The number of hydrogen-bond donors (Lipinski definition) is 0. The molecule has 0 aromatic heterocycles. The summed E-state index contributed by atoms with van der Waals surface area (Å²) in [5, 5.41) is 9.44. The third-order valence-corrected chi connectivity index (χ3v) is 3.18. The van der Waals surface area contributed by atoms with Gasteiger partial charge in [0.05, 0.1) is 6.07 Å². The molecule has 0 bridgehead atoms. The lowest BCUT2D eigenvalue weighted by Gasteiger charge is -2.11. The Kier molecular flexibility index (Phi) is 4.62. The molecule has 0 saturated carbocycles. The lowest BCUT2D eigenvalue weighted by Crippen LogP contribution is -2.04. The fraction of sp³-hybridized carbons (Fsp3) is 0.222. The minimum Gasteiger partial charge on any atom is -0.406 e. The highest BCUT2D eigenvalue weighted by Crippen LogP contribution is 2.27. The van der Waals surface area contributed by atoms with Gasteiger partial charge >= 0.3 is 0 Å². The molecule has 0 aliphatic carbocycles. The molecule has 1 aromatic carbocycles. The highest BCUT2D eigenvalue weighted by Gasteiger charge is 2.13. The zero-order valence-corrected chi connectivity index (χ0v) is 11.4. The second-order valence-electron chi connectivity index (χ2n) is 2.63. The van der Waals surface area contributed by atoms with Crippen LogP contribution in [0.4, 0.5) is 0 Å². The van der Waals surface area contributed by atoms with E-state index in [1.165, 1.54) is 0 Å². The molecule has 0 saturated heterocycles. The van der Waals surface area contributed by atoms with Crippen LogP contribution >= 0.6 is 27.5 Å². The monoisotopic (exact) mass is 289 g/mol. The summed E-state index contributed by atoms with van der Waals surface area (Å²) in [6.07, 6.45) is -0.521. The maximum atomic E-state index is 8.88. The van der Waals surface area contributed by atoms with Crippen LogP contribution in [0.15, 0.2) is 22.7 Å². The number of nitriles is 1. The van der Waals surface area contributed by atoms with E-state index in [1.54, 1.807) is 6.07 Å². The molecule has 0 fully saturated rings. The quantitative estimate of drug-likeness (QED) is 0.802. The molecule has 5 heteroatoms. The molecule has 0 N–H and O–H groups in total. The lowest BCUT2D eigenvalue weighted by atomic mass is 10.1.